The topological polar surface area (TPSA) is 92.4 Å². The molecule has 5 nitrogen and oxygen atoms in total. The Labute approximate surface area is 118 Å². The van der Waals surface area contributed by atoms with E-state index in [-0.39, 0.29) is 15.7 Å². The SMILES string of the molecule is Nc1cc(Cl)c(S(=O)(=O)NCC(F)(F)CO)c(Cl)c1. The third-order valence-electron chi connectivity index (χ3n) is 2.04. The second kappa shape index (κ2) is 5.76. The molecule has 1 aromatic rings. The van der Waals surface area contributed by atoms with Crippen LogP contribution in [0, 0.1) is 0 Å². The Morgan fingerprint density at radius 1 is 1.32 bits per heavy atom. The maximum Gasteiger partial charge on any atom is 0.283 e. The molecule has 0 atom stereocenters. The molecule has 0 fully saturated rings. The first kappa shape index (κ1) is 16.4. The van der Waals surface area contributed by atoms with Crippen LogP contribution in [0.4, 0.5) is 14.5 Å². The van der Waals surface area contributed by atoms with Gasteiger partial charge in [0.1, 0.15) is 11.5 Å². The third kappa shape index (κ3) is 4.15. The molecule has 0 aliphatic carbocycles. The van der Waals surface area contributed by atoms with Crippen LogP contribution in [0.15, 0.2) is 17.0 Å². The van der Waals surface area contributed by atoms with Gasteiger partial charge in [0.25, 0.3) is 5.92 Å². The van der Waals surface area contributed by atoms with E-state index in [1.165, 1.54) is 0 Å². The van der Waals surface area contributed by atoms with Crippen molar-refractivity contribution in [3.05, 3.63) is 22.2 Å². The molecule has 1 aromatic carbocycles. The van der Waals surface area contributed by atoms with Crippen LogP contribution in [-0.4, -0.2) is 32.6 Å². The Morgan fingerprint density at radius 3 is 2.21 bits per heavy atom. The summed E-state index contributed by atoms with van der Waals surface area (Å²) in [4.78, 5) is -0.543. The average molecular weight is 335 g/mol. The summed E-state index contributed by atoms with van der Waals surface area (Å²) >= 11 is 11.4. The lowest BCUT2D eigenvalue weighted by Gasteiger charge is -2.15. The molecule has 4 N–H and O–H groups in total. The minimum atomic E-state index is -4.34. The van der Waals surface area contributed by atoms with E-state index in [1.807, 2.05) is 0 Å². The Hall–Kier alpha value is -0.670. The van der Waals surface area contributed by atoms with Crippen molar-refractivity contribution >= 4 is 38.9 Å². The number of nitrogen functional groups attached to an aromatic ring is 1. The molecule has 19 heavy (non-hydrogen) atoms. The summed E-state index contributed by atoms with van der Waals surface area (Å²) in [6.07, 6.45) is 0. The van der Waals surface area contributed by atoms with Gasteiger partial charge in [-0.1, -0.05) is 23.2 Å². The van der Waals surface area contributed by atoms with Crippen LogP contribution >= 0.6 is 23.2 Å². The van der Waals surface area contributed by atoms with E-state index in [0.29, 0.717) is 0 Å². The molecule has 0 saturated heterocycles. The van der Waals surface area contributed by atoms with Gasteiger partial charge in [-0.05, 0) is 12.1 Å². The van der Waals surface area contributed by atoms with E-state index in [9.17, 15) is 17.2 Å². The van der Waals surface area contributed by atoms with Crippen molar-refractivity contribution < 1.29 is 22.3 Å². The van der Waals surface area contributed by atoms with Gasteiger partial charge < -0.3 is 10.8 Å². The Balaban J connectivity index is 3.09. The molecule has 0 aliphatic heterocycles. The zero-order valence-electron chi connectivity index (χ0n) is 9.33. The van der Waals surface area contributed by atoms with Gasteiger partial charge >= 0.3 is 0 Å². The van der Waals surface area contributed by atoms with Gasteiger partial charge in [-0.25, -0.2) is 21.9 Å². The first-order valence-electron chi connectivity index (χ1n) is 4.82. The Bertz CT molecular complexity index is 558. The van der Waals surface area contributed by atoms with Gasteiger partial charge in [0.05, 0.1) is 16.6 Å². The first-order chi connectivity index (χ1) is 8.59. The van der Waals surface area contributed by atoms with Crippen LogP contribution in [0.3, 0.4) is 0 Å². The summed E-state index contributed by atoms with van der Waals surface area (Å²) in [6, 6.07) is 2.26. The molecular formula is C9H10Cl2F2N2O3S. The number of halogens is 4. The highest BCUT2D eigenvalue weighted by atomic mass is 35.5. The second-order valence-corrected chi connectivity index (χ2v) is 6.17. The van der Waals surface area contributed by atoms with Crippen molar-refractivity contribution in [2.45, 2.75) is 10.8 Å². The number of benzene rings is 1. The molecule has 0 spiro atoms. The monoisotopic (exact) mass is 334 g/mol. The smallest absolute Gasteiger partial charge is 0.283 e. The van der Waals surface area contributed by atoms with Crippen molar-refractivity contribution in [2.75, 3.05) is 18.9 Å². The molecule has 10 heteroatoms. The Kier molecular flexibility index (Phi) is 4.97. The zero-order chi connectivity index (χ0) is 14.8. The minimum absolute atomic E-state index is 0.134. The quantitative estimate of drug-likeness (QED) is 0.711. The fourth-order valence-electron chi connectivity index (χ4n) is 1.16. The largest absolute Gasteiger partial charge is 0.399 e. The number of aliphatic hydroxyl groups excluding tert-OH is 1. The highest BCUT2D eigenvalue weighted by molar-refractivity contribution is 7.89. The fourth-order valence-corrected chi connectivity index (χ4v) is 3.46. The summed E-state index contributed by atoms with van der Waals surface area (Å²) in [5.41, 5.74) is 5.53. The van der Waals surface area contributed by atoms with Gasteiger partial charge in [-0.3, -0.25) is 0 Å². The molecule has 0 amide bonds. The summed E-state index contributed by atoms with van der Waals surface area (Å²) in [6.45, 7) is -2.76. The van der Waals surface area contributed by atoms with Crippen molar-refractivity contribution in [3.63, 3.8) is 0 Å². The number of sulfonamides is 1. The number of rotatable bonds is 5. The number of nitrogens with two attached hydrogens (primary N) is 1. The first-order valence-corrected chi connectivity index (χ1v) is 7.06. The van der Waals surface area contributed by atoms with Crippen molar-refractivity contribution in [1.29, 1.82) is 0 Å². The number of aliphatic hydroxyl groups is 1. The number of hydrogen-bond donors (Lipinski definition) is 3. The fraction of sp³-hybridized carbons (Fsp3) is 0.333. The molecule has 0 radical (unpaired) electrons. The van der Waals surface area contributed by atoms with E-state index in [4.69, 9.17) is 34.0 Å². The summed E-state index contributed by atoms with van der Waals surface area (Å²) in [5.74, 6) is -3.58. The van der Waals surface area contributed by atoms with Crippen LogP contribution in [0.5, 0.6) is 0 Å². The lowest BCUT2D eigenvalue weighted by Crippen LogP contribution is -2.39. The number of hydrogen-bond acceptors (Lipinski definition) is 4. The van der Waals surface area contributed by atoms with E-state index in [0.717, 1.165) is 12.1 Å². The normalized spacial score (nSPS) is 12.7. The Morgan fingerprint density at radius 2 is 1.79 bits per heavy atom. The maximum atomic E-state index is 12.8. The van der Waals surface area contributed by atoms with Crippen molar-refractivity contribution in [3.8, 4) is 0 Å². The van der Waals surface area contributed by atoms with E-state index in [1.54, 1.807) is 4.72 Å². The predicted octanol–water partition coefficient (Wildman–Crippen LogP) is 1.48. The van der Waals surface area contributed by atoms with Gasteiger partial charge in [0, 0.05) is 5.69 Å². The molecule has 1 rings (SSSR count). The molecule has 0 saturated carbocycles. The number of anilines is 1. The van der Waals surface area contributed by atoms with E-state index >= 15 is 0 Å². The average Bonchev–Trinajstić information content (AvgIpc) is 2.25. The molecule has 0 unspecified atom stereocenters. The molecule has 0 aliphatic rings. The van der Waals surface area contributed by atoms with Crippen LogP contribution in [-0.2, 0) is 10.0 Å². The minimum Gasteiger partial charge on any atom is -0.399 e. The molecule has 0 aromatic heterocycles. The van der Waals surface area contributed by atoms with Crippen LogP contribution in [0.25, 0.3) is 0 Å². The maximum absolute atomic E-state index is 12.8. The lowest BCUT2D eigenvalue weighted by atomic mass is 10.3. The van der Waals surface area contributed by atoms with Gasteiger partial charge in [-0.15, -0.1) is 0 Å². The third-order valence-corrected chi connectivity index (χ3v) is 4.36. The lowest BCUT2D eigenvalue weighted by molar-refractivity contribution is -0.0437. The molecule has 0 bridgehead atoms. The van der Waals surface area contributed by atoms with E-state index in [2.05, 4.69) is 0 Å². The summed E-state index contributed by atoms with van der Waals surface area (Å²) < 4.78 is 50.8. The zero-order valence-corrected chi connectivity index (χ0v) is 11.7. The van der Waals surface area contributed by atoms with Crippen LogP contribution in [0.1, 0.15) is 0 Å². The van der Waals surface area contributed by atoms with Gasteiger partial charge in [0.2, 0.25) is 10.0 Å². The van der Waals surface area contributed by atoms with Crippen molar-refractivity contribution in [2.24, 2.45) is 0 Å². The van der Waals surface area contributed by atoms with Crippen LogP contribution in [0.2, 0.25) is 10.0 Å². The molecule has 0 heterocycles. The van der Waals surface area contributed by atoms with Crippen LogP contribution < -0.4 is 10.5 Å². The number of nitrogens with one attached hydrogen (secondary N) is 1. The molecule has 108 valence electrons. The predicted molar refractivity (Wildman–Crippen MR) is 68.1 cm³/mol. The van der Waals surface area contributed by atoms with E-state index < -0.39 is 34.0 Å². The van der Waals surface area contributed by atoms with Gasteiger partial charge in [-0.2, -0.15) is 0 Å². The summed E-state index contributed by atoms with van der Waals surface area (Å²) in [5, 5.41) is 7.78. The van der Waals surface area contributed by atoms with Crippen molar-refractivity contribution in [1.82, 2.24) is 4.72 Å². The molecular weight excluding hydrogens is 325 g/mol. The summed E-state index contributed by atoms with van der Waals surface area (Å²) in [7, 11) is -4.34. The highest BCUT2D eigenvalue weighted by Gasteiger charge is 2.31. The second-order valence-electron chi connectivity index (χ2n) is 3.65. The highest BCUT2D eigenvalue weighted by Crippen LogP contribution is 2.31. The standard InChI is InChI=1S/C9H10Cl2F2N2O3S/c10-6-1-5(14)2-7(11)8(6)19(17,18)15-3-9(12,13)4-16/h1-2,15-16H,3-4,14H2. The van der Waals surface area contributed by atoms with Gasteiger partial charge in [0.15, 0.2) is 0 Å². The number of alkyl halides is 2.